The highest BCUT2D eigenvalue weighted by Gasteiger charge is 2.11. The Labute approximate surface area is 92.9 Å². The number of aromatic nitrogens is 1. The molecule has 1 aromatic carbocycles. The molecule has 15 heavy (non-hydrogen) atoms. The maximum atomic E-state index is 13.5. The first-order chi connectivity index (χ1) is 7.15. The van der Waals surface area contributed by atoms with Crippen LogP contribution in [-0.2, 0) is 6.42 Å². The molecular formula is C12H11ClFN. The quantitative estimate of drug-likeness (QED) is 0.715. The number of hydrogen-bond donors (Lipinski definition) is 0. The molecule has 0 saturated carbocycles. The lowest BCUT2D eigenvalue weighted by Crippen LogP contribution is -1.96. The lowest BCUT2D eigenvalue weighted by atomic mass is 10.1. The van der Waals surface area contributed by atoms with Gasteiger partial charge in [0.15, 0.2) is 0 Å². The average molecular weight is 224 g/mol. The Balaban J connectivity index is 2.91. The second-order valence-electron chi connectivity index (χ2n) is 3.49. The summed E-state index contributed by atoms with van der Waals surface area (Å²) in [5.41, 5.74) is 2.17. The number of aryl methyl sites for hydroxylation is 1. The maximum absolute atomic E-state index is 13.5. The van der Waals surface area contributed by atoms with Gasteiger partial charge in [0.05, 0.1) is 5.02 Å². The number of fused-ring (bicyclic) bond motifs is 1. The van der Waals surface area contributed by atoms with Crippen LogP contribution in [0, 0.1) is 12.7 Å². The van der Waals surface area contributed by atoms with Gasteiger partial charge in [-0.2, -0.15) is 0 Å². The van der Waals surface area contributed by atoms with Gasteiger partial charge in [0.2, 0.25) is 0 Å². The largest absolute Gasteiger partial charge is 0.249 e. The Kier molecular flexibility index (Phi) is 2.61. The minimum absolute atomic E-state index is 0.316. The molecule has 0 aliphatic rings. The molecule has 0 fully saturated rings. The van der Waals surface area contributed by atoms with Gasteiger partial charge in [-0.15, -0.1) is 0 Å². The highest BCUT2D eigenvalue weighted by molar-refractivity contribution is 6.36. The first kappa shape index (κ1) is 10.4. The van der Waals surface area contributed by atoms with E-state index in [1.165, 1.54) is 6.07 Å². The Hall–Kier alpha value is -1.15. The van der Waals surface area contributed by atoms with Crippen molar-refractivity contribution in [1.29, 1.82) is 0 Å². The molecule has 0 amide bonds. The molecule has 0 aliphatic heterocycles. The average Bonchev–Trinajstić information content (AvgIpc) is 2.24. The minimum Gasteiger partial charge on any atom is -0.249 e. The number of halogens is 2. The highest BCUT2D eigenvalue weighted by Crippen LogP contribution is 2.29. The van der Waals surface area contributed by atoms with Crippen molar-refractivity contribution in [2.24, 2.45) is 0 Å². The van der Waals surface area contributed by atoms with Crippen molar-refractivity contribution in [3.05, 3.63) is 40.3 Å². The van der Waals surface area contributed by atoms with Crippen LogP contribution in [-0.4, -0.2) is 4.98 Å². The Morgan fingerprint density at radius 3 is 2.80 bits per heavy atom. The summed E-state index contributed by atoms with van der Waals surface area (Å²) in [5, 5.41) is 1.29. The van der Waals surface area contributed by atoms with Crippen molar-refractivity contribution in [1.82, 2.24) is 4.98 Å². The van der Waals surface area contributed by atoms with Crippen molar-refractivity contribution in [3.63, 3.8) is 0 Å². The van der Waals surface area contributed by atoms with Crippen LogP contribution in [0.5, 0.6) is 0 Å². The van der Waals surface area contributed by atoms with E-state index in [0.717, 1.165) is 17.7 Å². The molecule has 1 nitrogen and oxygen atoms in total. The fourth-order valence-corrected chi connectivity index (χ4v) is 1.96. The van der Waals surface area contributed by atoms with E-state index in [1.54, 1.807) is 12.1 Å². The molecule has 78 valence electrons. The first-order valence-corrected chi connectivity index (χ1v) is 5.26. The van der Waals surface area contributed by atoms with Crippen LogP contribution in [0.1, 0.15) is 18.2 Å². The zero-order valence-electron chi connectivity index (χ0n) is 8.64. The highest BCUT2D eigenvalue weighted by atomic mass is 35.5. The van der Waals surface area contributed by atoms with Gasteiger partial charge in [-0.3, -0.25) is 0 Å². The maximum Gasteiger partial charge on any atom is 0.149 e. The van der Waals surface area contributed by atoms with Gasteiger partial charge >= 0.3 is 0 Å². The summed E-state index contributed by atoms with van der Waals surface area (Å²) in [6, 6.07) is 4.84. The van der Waals surface area contributed by atoms with Crippen molar-refractivity contribution in [2.45, 2.75) is 20.3 Å². The smallest absolute Gasteiger partial charge is 0.149 e. The number of hydrogen-bond acceptors (Lipinski definition) is 1. The van der Waals surface area contributed by atoms with E-state index in [1.807, 2.05) is 13.8 Å². The van der Waals surface area contributed by atoms with Gasteiger partial charge < -0.3 is 0 Å². The summed E-state index contributed by atoms with van der Waals surface area (Å²) in [7, 11) is 0. The molecule has 1 heterocycles. The van der Waals surface area contributed by atoms with Crippen LogP contribution in [0.15, 0.2) is 18.2 Å². The molecular weight excluding hydrogens is 213 g/mol. The van der Waals surface area contributed by atoms with Gasteiger partial charge in [0, 0.05) is 11.1 Å². The zero-order chi connectivity index (χ0) is 11.0. The van der Waals surface area contributed by atoms with Crippen molar-refractivity contribution in [3.8, 4) is 0 Å². The standard InChI is InChI=1S/C12H11ClFN/c1-3-10-7(2)11(13)8-5-4-6-9(14)12(8)15-10/h4-6H,3H2,1-2H3. The summed E-state index contributed by atoms with van der Waals surface area (Å²) in [6.45, 7) is 3.90. The predicted molar refractivity (Wildman–Crippen MR) is 60.8 cm³/mol. The van der Waals surface area contributed by atoms with Crippen LogP contribution in [0.2, 0.25) is 5.02 Å². The third kappa shape index (κ3) is 1.59. The van der Waals surface area contributed by atoms with E-state index in [2.05, 4.69) is 4.98 Å². The molecule has 0 saturated heterocycles. The van der Waals surface area contributed by atoms with Crippen molar-refractivity contribution >= 4 is 22.5 Å². The number of benzene rings is 1. The summed E-state index contributed by atoms with van der Waals surface area (Å²) < 4.78 is 13.5. The van der Waals surface area contributed by atoms with Gasteiger partial charge in [-0.25, -0.2) is 9.37 Å². The lowest BCUT2D eigenvalue weighted by Gasteiger charge is -2.08. The third-order valence-electron chi connectivity index (χ3n) is 2.57. The van der Waals surface area contributed by atoms with Crippen LogP contribution >= 0.6 is 11.6 Å². The number of nitrogens with zero attached hydrogens (tertiary/aromatic N) is 1. The molecule has 0 aliphatic carbocycles. The SMILES string of the molecule is CCc1nc2c(F)cccc2c(Cl)c1C. The summed E-state index contributed by atoms with van der Waals surface area (Å²) in [5.74, 6) is -0.316. The van der Waals surface area contributed by atoms with Crippen LogP contribution in [0.25, 0.3) is 10.9 Å². The molecule has 0 unspecified atom stereocenters. The van der Waals surface area contributed by atoms with Crippen LogP contribution in [0.4, 0.5) is 4.39 Å². The van der Waals surface area contributed by atoms with Crippen LogP contribution < -0.4 is 0 Å². The van der Waals surface area contributed by atoms with E-state index in [9.17, 15) is 4.39 Å². The van der Waals surface area contributed by atoms with Crippen molar-refractivity contribution < 1.29 is 4.39 Å². The first-order valence-electron chi connectivity index (χ1n) is 4.88. The minimum atomic E-state index is -0.316. The summed E-state index contributed by atoms with van der Waals surface area (Å²) >= 11 is 6.18. The fraction of sp³-hybridized carbons (Fsp3) is 0.250. The zero-order valence-corrected chi connectivity index (χ0v) is 9.40. The molecule has 0 N–H and O–H groups in total. The molecule has 0 atom stereocenters. The van der Waals surface area contributed by atoms with Gasteiger partial charge in [0.1, 0.15) is 11.3 Å². The normalized spacial score (nSPS) is 10.9. The summed E-state index contributed by atoms with van der Waals surface area (Å²) in [4.78, 5) is 4.29. The molecule has 1 aromatic heterocycles. The lowest BCUT2D eigenvalue weighted by molar-refractivity contribution is 0.636. The Morgan fingerprint density at radius 2 is 2.13 bits per heavy atom. The van der Waals surface area contributed by atoms with Crippen LogP contribution in [0.3, 0.4) is 0 Å². The molecule has 2 aromatic rings. The van der Waals surface area contributed by atoms with Crippen molar-refractivity contribution in [2.75, 3.05) is 0 Å². The number of para-hydroxylation sites is 1. The van der Waals surface area contributed by atoms with E-state index in [0.29, 0.717) is 15.9 Å². The van der Waals surface area contributed by atoms with Gasteiger partial charge in [-0.05, 0) is 25.0 Å². The van der Waals surface area contributed by atoms with E-state index >= 15 is 0 Å². The molecule has 3 heteroatoms. The second kappa shape index (κ2) is 3.78. The second-order valence-corrected chi connectivity index (χ2v) is 3.87. The van der Waals surface area contributed by atoms with E-state index < -0.39 is 0 Å². The topological polar surface area (TPSA) is 12.9 Å². The molecule has 0 radical (unpaired) electrons. The summed E-state index contributed by atoms with van der Waals surface area (Å²) in [6.07, 6.45) is 0.760. The predicted octanol–water partition coefficient (Wildman–Crippen LogP) is 3.90. The third-order valence-corrected chi connectivity index (χ3v) is 3.05. The van der Waals surface area contributed by atoms with E-state index in [4.69, 9.17) is 11.6 Å². The van der Waals surface area contributed by atoms with Gasteiger partial charge in [0.25, 0.3) is 0 Å². The monoisotopic (exact) mass is 223 g/mol. The number of pyridine rings is 1. The van der Waals surface area contributed by atoms with E-state index in [-0.39, 0.29) is 5.82 Å². The Morgan fingerprint density at radius 1 is 1.40 bits per heavy atom. The molecule has 0 bridgehead atoms. The van der Waals surface area contributed by atoms with Gasteiger partial charge in [-0.1, -0.05) is 30.7 Å². The fourth-order valence-electron chi connectivity index (χ4n) is 1.70. The number of rotatable bonds is 1. The molecule has 2 rings (SSSR count). The molecule has 0 spiro atoms. The Bertz CT molecular complexity index is 523.